The molecule has 0 spiro atoms. The van der Waals surface area contributed by atoms with E-state index in [1.54, 1.807) is 6.07 Å². The van der Waals surface area contributed by atoms with Crippen LogP contribution in [0.4, 0.5) is 0 Å². The maximum Gasteiger partial charge on any atom is 0.643 e. The third kappa shape index (κ3) is 21.1. The summed E-state index contributed by atoms with van der Waals surface area (Å²) in [4.78, 5) is -0.210. The molecule has 0 unspecified atom stereocenters. The molecule has 0 heterocycles. The van der Waals surface area contributed by atoms with E-state index in [0.717, 1.165) is 24.0 Å². The second kappa shape index (κ2) is 19.9. The second-order valence-electron chi connectivity index (χ2n) is 12.5. The Morgan fingerprint density at radius 1 is 0.707 bits per heavy atom. The number of para-hydroxylation sites is 1. The van der Waals surface area contributed by atoms with Crippen LogP contribution in [0.15, 0.2) is 36.4 Å². The zero-order valence-corrected chi connectivity index (χ0v) is 32.6. The highest BCUT2D eigenvalue weighted by Gasteiger charge is 2.37. The van der Waals surface area contributed by atoms with Gasteiger partial charge in [0.25, 0.3) is 0 Å². The quantitative estimate of drug-likeness (QED) is 0.244. The highest BCUT2D eigenvalue weighted by Crippen LogP contribution is 2.47. The molecule has 2 N–H and O–H groups in total. The Morgan fingerprint density at radius 3 is 1.34 bits per heavy atom. The van der Waals surface area contributed by atoms with E-state index in [9.17, 15) is 5.11 Å². The number of hydrogen-bond acceptors (Lipinski definition) is 2. The van der Waals surface area contributed by atoms with Gasteiger partial charge in [-0.1, -0.05) is 52.0 Å². The first-order valence-electron chi connectivity index (χ1n) is 13.4. The molecular weight excluding hydrogens is 679 g/mol. The predicted molar refractivity (Wildman–Crippen MR) is 190 cm³/mol. The Morgan fingerprint density at radius 2 is 1.05 bits per heavy atom. The molecule has 10 heteroatoms. The maximum absolute atomic E-state index is 9.88. The van der Waals surface area contributed by atoms with Crippen molar-refractivity contribution in [3.05, 3.63) is 58.7 Å². The largest absolute Gasteiger partial charge is 0.643 e. The van der Waals surface area contributed by atoms with E-state index in [1.807, 2.05) is 65.8 Å². The van der Waals surface area contributed by atoms with Gasteiger partial charge in [0.1, 0.15) is 11.5 Å². The molecule has 0 aliphatic heterocycles. The van der Waals surface area contributed by atoms with Gasteiger partial charge in [0.2, 0.25) is 0 Å². The van der Waals surface area contributed by atoms with Gasteiger partial charge in [0.05, 0.1) is 5.34 Å². The summed E-state index contributed by atoms with van der Waals surface area (Å²) in [5.74, 6) is 0.803. The minimum absolute atomic E-state index is 0.105. The van der Waals surface area contributed by atoms with Crippen molar-refractivity contribution in [1.82, 2.24) is 0 Å². The van der Waals surface area contributed by atoms with Crippen molar-refractivity contribution < 1.29 is 10.2 Å². The molecule has 0 bridgehead atoms. The van der Waals surface area contributed by atoms with Crippen molar-refractivity contribution in [2.24, 2.45) is 0 Å². The number of aromatic hydroxyl groups is 2. The van der Waals surface area contributed by atoms with Crippen molar-refractivity contribution in [3.8, 4) is 11.5 Å². The molecule has 2 aromatic carbocycles. The number of fused-ring (bicyclic) bond motifs is 1. The zero-order chi connectivity index (χ0) is 32.8. The molecule has 1 aliphatic rings. The molecule has 0 amide bonds. The third-order valence-corrected chi connectivity index (χ3v) is 6.98. The molecule has 3 rings (SSSR count). The molecule has 41 heavy (non-hydrogen) atoms. The number of hydrogen-bond donors (Lipinski definition) is 2. The summed E-state index contributed by atoms with van der Waals surface area (Å²) in [6, 6.07) is 11.4. The van der Waals surface area contributed by atoms with Crippen LogP contribution in [0, 0.1) is 13.8 Å². The third-order valence-electron chi connectivity index (χ3n) is 6.60. The smallest absolute Gasteiger partial charge is 0.508 e. The fraction of sp³-hybridized carbons (Fsp3) is 0.613. The Labute approximate surface area is 287 Å². The topological polar surface area (TPSA) is 40.5 Å². The van der Waals surface area contributed by atoms with Crippen LogP contribution in [0.5, 0.6) is 11.5 Å². The lowest BCUT2D eigenvalue weighted by Crippen LogP contribution is -2.33. The summed E-state index contributed by atoms with van der Waals surface area (Å²) in [5.41, 5.74) is 5.09. The minimum atomic E-state index is -1.72. The lowest BCUT2D eigenvalue weighted by molar-refractivity contribution is 0.329. The van der Waals surface area contributed by atoms with E-state index in [2.05, 4.69) is 33.8 Å². The van der Waals surface area contributed by atoms with Crippen LogP contribution < -0.4 is 0 Å². The molecule has 236 valence electrons. The minimum Gasteiger partial charge on any atom is -0.508 e. The lowest BCUT2D eigenvalue weighted by Gasteiger charge is -2.42. The highest BCUT2D eigenvalue weighted by atomic mass is 35.8. The predicted octanol–water partition coefficient (Wildman–Crippen LogP) is 12.7. The van der Waals surface area contributed by atoms with Crippen LogP contribution in [0.2, 0.25) is 0 Å². The maximum atomic E-state index is 9.88. The highest BCUT2D eigenvalue weighted by molar-refractivity contribution is 7.54. The fourth-order valence-electron chi connectivity index (χ4n) is 3.87. The first-order valence-corrected chi connectivity index (χ1v) is 20.5. The van der Waals surface area contributed by atoms with Gasteiger partial charge < -0.3 is 10.2 Å². The fourth-order valence-corrected chi connectivity index (χ4v) is 4.06. The number of alkyl halides is 4. The van der Waals surface area contributed by atoms with E-state index in [4.69, 9.17) is 81.7 Å². The standard InChI is InChI=1S/C15H22O.C8H16Cl2.C7H8O.CH2Cl2.Al.3ClH/c1-10-8-11-12(9-13(10)16)15(4,5)7-6-14(11,2)3;1-7(2,9)5-6-8(3,4)10;1-6-4-2-3-5-7(6)8;2-1-3;;;;/h8-9,16H,6-7H2,1-5H3;5-6H2,1-4H3;2-5,8H,1H3;1H2;;3*1H/q;;;;+3;;;/p-3. The van der Waals surface area contributed by atoms with E-state index in [-0.39, 0.29) is 25.9 Å². The normalized spacial score (nSPS) is 14.7. The first-order chi connectivity index (χ1) is 18.4. The summed E-state index contributed by atoms with van der Waals surface area (Å²) in [5, 5.41) is 19.0. The number of phenols is 2. The van der Waals surface area contributed by atoms with Crippen molar-refractivity contribution in [2.45, 2.75) is 115 Å². The van der Waals surface area contributed by atoms with Crippen molar-refractivity contribution in [3.63, 3.8) is 0 Å². The van der Waals surface area contributed by atoms with Crippen molar-refractivity contribution >= 4 is 87.9 Å². The van der Waals surface area contributed by atoms with Gasteiger partial charge in [-0.25, -0.2) is 30.1 Å². The van der Waals surface area contributed by atoms with Crippen molar-refractivity contribution in [2.75, 3.05) is 5.34 Å². The Bertz CT molecular complexity index is 936. The molecule has 0 fully saturated rings. The number of halogens is 7. The molecule has 0 saturated heterocycles. The van der Waals surface area contributed by atoms with Gasteiger partial charge in [-0.05, 0) is 112 Å². The summed E-state index contributed by atoms with van der Waals surface area (Å²) in [7, 11) is 14.8. The Balaban J connectivity index is 0. The summed E-state index contributed by atoms with van der Waals surface area (Å²) in [6.45, 7) is 21.0. The lowest BCUT2D eigenvalue weighted by atomic mass is 9.63. The Hall–Kier alpha value is 0.602. The monoisotopic (exact) mass is 724 g/mol. The van der Waals surface area contributed by atoms with Crippen LogP contribution in [0.1, 0.15) is 103 Å². The van der Waals surface area contributed by atoms with Gasteiger partial charge in [-0.2, -0.15) is 0 Å². The molecule has 0 saturated carbocycles. The van der Waals surface area contributed by atoms with Gasteiger partial charge >= 0.3 is 11.4 Å². The number of aryl methyl sites for hydroxylation is 2. The molecule has 0 atom stereocenters. The van der Waals surface area contributed by atoms with Crippen LogP contribution in [-0.2, 0) is 10.8 Å². The number of phenolic OH excluding ortho intramolecular Hbond substituents is 2. The van der Waals surface area contributed by atoms with Gasteiger partial charge in [0.15, 0.2) is 0 Å². The molecule has 1 aliphatic carbocycles. The number of benzene rings is 2. The van der Waals surface area contributed by atoms with E-state index in [1.165, 1.54) is 24.0 Å². The van der Waals surface area contributed by atoms with Gasteiger partial charge in [-0.3, -0.25) is 0 Å². The van der Waals surface area contributed by atoms with Crippen LogP contribution in [-0.4, -0.2) is 36.7 Å². The SMILES string of the molecule is CC(C)(Cl)CCC(C)(C)Cl.Cc1cc2c(cc1O)C(C)(C)CCC2(C)C.Cc1ccccc1O.ClCCl.[Cl][Al]([Cl])[Cl]. The van der Waals surface area contributed by atoms with Gasteiger partial charge in [0, 0.05) is 9.75 Å². The number of rotatable bonds is 3. The summed E-state index contributed by atoms with van der Waals surface area (Å²) in [6.07, 6.45) is 4.34. The van der Waals surface area contributed by atoms with Crippen LogP contribution in [0.25, 0.3) is 0 Å². The Kier molecular flexibility index (Phi) is 21.2. The summed E-state index contributed by atoms with van der Waals surface area (Å²) >= 11 is 19.8. The second-order valence-corrected chi connectivity index (χ2v) is 21.8. The molecule has 2 aromatic rings. The van der Waals surface area contributed by atoms with Gasteiger partial charge in [-0.15, -0.1) is 46.4 Å². The average Bonchev–Trinajstić information content (AvgIpc) is 2.79. The zero-order valence-electron chi connectivity index (χ0n) is 26.1. The van der Waals surface area contributed by atoms with E-state index in [0.29, 0.717) is 11.5 Å². The first kappa shape index (κ1) is 43.7. The average molecular weight is 728 g/mol. The van der Waals surface area contributed by atoms with Crippen LogP contribution in [0.3, 0.4) is 0 Å². The molecular formula is C31H48AlCl7O2. The van der Waals surface area contributed by atoms with Crippen LogP contribution >= 0.6 is 76.6 Å². The molecule has 2 nitrogen and oxygen atoms in total. The molecule has 0 aromatic heterocycles. The van der Waals surface area contributed by atoms with E-state index < -0.39 is 11.4 Å². The summed E-state index contributed by atoms with van der Waals surface area (Å²) < 4.78 is 0. The van der Waals surface area contributed by atoms with Crippen molar-refractivity contribution in [1.29, 1.82) is 0 Å². The van der Waals surface area contributed by atoms with E-state index >= 15 is 0 Å². The molecule has 0 radical (unpaired) electrons.